The molecule has 2 rings (SSSR count). The van der Waals surface area contributed by atoms with E-state index in [0.717, 1.165) is 0 Å². The molecule has 0 saturated carbocycles. The first kappa shape index (κ1) is 14.8. The second kappa shape index (κ2) is 6.25. The molecule has 8 heteroatoms. The van der Waals surface area contributed by atoms with Gasteiger partial charge in [0.2, 0.25) is 5.91 Å². The Kier molecular flexibility index (Phi) is 4.64. The minimum atomic E-state index is -4.18. The van der Waals surface area contributed by atoms with Crippen LogP contribution in [-0.4, -0.2) is 40.8 Å². The molecule has 0 aromatic carbocycles. The van der Waals surface area contributed by atoms with Gasteiger partial charge in [-0.1, -0.05) is 0 Å². The monoisotopic (exact) mass is 290 g/mol. The molecule has 1 saturated heterocycles. The van der Waals surface area contributed by atoms with Crippen molar-refractivity contribution in [1.29, 1.82) is 0 Å². The van der Waals surface area contributed by atoms with Crippen molar-refractivity contribution in [2.45, 2.75) is 31.6 Å². The van der Waals surface area contributed by atoms with Gasteiger partial charge in [0.15, 0.2) is 0 Å². The molecule has 0 aliphatic carbocycles. The van der Waals surface area contributed by atoms with E-state index in [-0.39, 0.29) is 25.3 Å². The molecule has 0 bridgehead atoms. The van der Waals surface area contributed by atoms with Crippen LogP contribution in [0.2, 0.25) is 0 Å². The van der Waals surface area contributed by atoms with Crippen LogP contribution in [0.1, 0.15) is 12.8 Å². The van der Waals surface area contributed by atoms with Crippen molar-refractivity contribution in [2.24, 2.45) is 5.92 Å². The van der Waals surface area contributed by atoms with Crippen LogP contribution in [0.25, 0.3) is 0 Å². The second-order valence-corrected chi connectivity index (χ2v) is 4.87. The highest BCUT2D eigenvalue weighted by molar-refractivity contribution is 5.81. The fraction of sp³-hybridized carbons (Fsp3) is 0.667. The summed E-state index contributed by atoms with van der Waals surface area (Å²) in [6, 6.07) is -0.531. The maximum absolute atomic E-state index is 12.5. The Labute approximate surface area is 114 Å². The van der Waals surface area contributed by atoms with Crippen LogP contribution in [0.5, 0.6) is 0 Å². The van der Waals surface area contributed by atoms with E-state index in [1.54, 1.807) is 18.7 Å². The van der Waals surface area contributed by atoms with Crippen molar-refractivity contribution >= 4 is 5.91 Å². The first-order valence-electron chi connectivity index (χ1n) is 6.50. The van der Waals surface area contributed by atoms with Gasteiger partial charge in [0.1, 0.15) is 0 Å². The smallest absolute Gasteiger partial charge is 0.353 e. The van der Waals surface area contributed by atoms with Crippen LogP contribution in [0.15, 0.2) is 18.7 Å². The summed E-state index contributed by atoms with van der Waals surface area (Å²) in [6.07, 6.45) is 1.08. The Bertz CT molecular complexity index is 424. The van der Waals surface area contributed by atoms with Gasteiger partial charge in [-0.25, -0.2) is 4.98 Å². The van der Waals surface area contributed by atoms with Crippen LogP contribution in [0.3, 0.4) is 0 Å². The van der Waals surface area contributed by atoms with Gasteiger partial charge in [-0.3, -0.25) is 4.79 Å². The van der Waals surface area contributed by atoms with Crippen molar-refractivity contribution in [3.63, 3.8) is 0 Å². The van der Waals surface area contributed by atoms with Crippen LogP contribution in [0, 0.1) is 5.92 Å². The molecule has 0 radical (unpaired) electrons. The quantitative estimate of drug-likeness (QED) is 0.867. The van der Waals surface area contributed by atoms with E-state index in [1.807, 2.05) is 4.57 Å². The number of nitrogens with one attached hydrogen (secondary N) is 2. The van der Waals surface area contributed by atoms with Crippen LogP contribution < -0.4 is 10.6 Å². The van der Waals surface area contributed by atoms with E-state index in [4.69, 9.17) is 0 Å². The number of nitrogens with zero attached hydrogens (tertiary/aromatic N) is 2. The maximum Gasteiger partial charge on any atom is 0.393 e. The zero-order valence-corrected chi connectivity index (χ0v) is 10.9. The lowest BCUT2D eigenvalue weighted by Gasteiger charge is -2.30. The third-order valence-corrected chi connectivity index (χ3v) is 3.42. The lowest BCUT2D eigenvalue weighted by Crippen LogP contribution is -2.51. The summed E-state index contributed by atoms with van der Waals surface area (Å²) in [6.45, 7) is 0.822. The predicted molar refractivity (Wildman–Crippen MR) is 65.8 cm³/mol. The van der Waals surface area contributed by atoms with E-state index in [0.29, 0.717) is 13.1 Å². The molecule has 1 aliphatic heterocycles. The van der Waals surface area contributed by atoms with Crippen molar-refractivity contribution in [2.75, 3.05) is 13.1 Å². The Balaban J connectivity index is 1.69. The average Bonchev–Trinajstić information content (AvgIpc) is 2.91. The summed E-state index contributed by atoms with van der Waals surface area (Å²) in [5, 5.41) is 5.38. The van der Waals surface area contributed by atoms with Gasteiger partial charge in [-0.05, 0) is 12.8 Å². The van der Waals surface area contributed by atoms with Crippen LogP contribution in [-0.2, 0) is 11.3 Å². The molecule has 2 unspecified atom stereocenters. The lowest BCUT2D eigenvalue weighted by atomic mass is 9.94. The Morgan fingerprint density at radius 3 is 2.80 bits per heavy atom. The van der Waals surface area contributed by atoms with E-state index in [9.17, 15) is 18.0 Å². The van der Waals surface area contributed by atoms with Gasteiger partial charge >= 0.3 is 6.18 Å². The van der Waals surface area contributed by atoms with Gasteiger partial charge in [0.05, 0.1) is 18.3 Å². The number of imidazole rings is 1. The van der Waals surface area contributed by atoms with E-state index in [1.165, 1.54) is 0 Å². The number of rotatable bonds is 4. The average molecular weight is 290 g/mol. The van der Waals surface area contributed by atoms with Gasteiger partial charge in [-0.2, -0.15) is 13.2 Å². The molecule has 112 valence electrons. The number of hydrogen-bond acceptors (Lipinski definition) is 3. The number of alkyl halides is 3. The minimum Gasteiger partial charge on any atom is -0.353 e. The SMILES string of the molecule is O=C(NCCn1ccnc1)C1CCC(C(F)(F)F)CN1. The van der Waals surface area contributed by atoms with Gasteiger partial charge in [0, 0.05) is 32.0 Å². The Morgan fingerprint density at radius 2 is 2.25 bits per heavy atom. The summed E-state index contributed by atoms with van der Waals surface area (Å²) in [7, 11) is 0. The number of carbonyl (C=O) groups excluding carboxylic acids is 1. The number of piperidine rings is 1. The highest BCUT2D eigenvalue weighted by atomic mass is 19.4. The molecule has 1 aromatic rings. The summed E-state index contributed by atoms with van der Waals surface area (Å²) in [5.74, 6) is -1.59. The summed E-state index contributed by atoms with van der Waals surface area (Å²) >= 11 is 0. The molecule has 1 aromatic heterocycles. The second-order valence-electron chi connectivity index (χ2n) is 4.87. The topological polar surface area (TPSA) is 59.0 Å². The van der Waals surface area contributed by atoms with Gasteiger partial charge in [0.25, 0.3) is 0 Å². The van der Waals surface area contributed by atoms with E-state index < -0.39 is 18.1 Å². The highest BCUT2D eigenvalue weighted by Gasteiger charge is 2.42. The molecule has 0 spiro atoms. The van der Waals surface area contributed by atoms with Crippen molar-refractivity contribution in [3.05, 3.63) is 18.7 Å². The zero-order valence-electron chi connectivity index (χ0n) is 10.9. The van der Waals surface area contributed by atoms with E-state index >= 15 is 0 Å². The zero-order chi connectivity index (χ0) is 14.6. The highest BCUT2D eigenvalue weighted by Crippen LogP contribution is 2.31. The first-order chi connectivity index (χ1) is 9.47. The first-order valence-corrected chi connectivity index (χ1v) is 6.50. The third kappa shape index (κ3) is 3.96. The van der Waals surface area contributed by atoms with Gasteiger partial charge < -0.3 is 15.2 Å². The third-order valence-electron chi connectivity index (χ3n) is 3.42. The molecule has 5 nitrogen and oxygen atoms in total. The summed E-state index contributed by atoms with van der Waals surface area (Å²) in [4.78, 5) is 15.7. The minimum absolute atomic E-state index is 0.00386. The number of halogens is 3. The fourth-order valence-electron chi connectivity index (χ4n) is 2.21. The number of aromatic nitrogens is 2. The Morgan fingerprint density at radius 1 is 1.45 bits per heavy atom. The van der Waals surface area contributed by atoms with Crippen LogP contribution >= 0.6 is 0 Å². The molecule has 20 heavy (non-hydrogen) atoms. The van der Waals surface area contributed by atoms with Gasteiger partial charge in [-0.15, -0.1) is 0 Å². The molecular formula is C12H17F3N4O. The molecule has 1 amide bonds. The van der Waals surface area contributed by atoms with Crippen molar-refractivity contribution in [1.82, 2.24) is 20.2 Å². The predicted octanol–water partition coefficient (Wildman–Crippen LogP) is 0.930. The van der Waals surface area contributed by atoms with Crippen LogP contribution in [0.4, 0.5) is 13.2 Å². The van der Waals surface area contributed by atoms with E-state index in [2.05, 4.69) is 15.6 Å². The van der Waals surface area contributed by atoms with Crippen molar-refractivity contribution < 1.29 is 18.0 Å². The summed E-state index contributed by atoms with van der Waals surface area (Å²) < 4.78 is 39.3. The molecule has 2 N–H and O–H groups in total. The standard InChI is InChI=1S/C12H17F3N4O/c13-12(14,15)9-1-2-10(18-7-9)11(20)17-4-6-19-5-3-16-8-19/h3,5,8-10,18H,1-2,4,6-7H2,(H,17,20). The van der Waals surface area contributed by atoms with Crippen molar-refractivity contribution in [3.8, 4) is 0 Å². The molecule has 1 fully saturated rings. The fourth-order valence-corrected chi connectivity index (χ4v) is 2.21. The number of amides is 1. The lowest BCUT2D eigenvalue weighted by molar-refractivity contribution is -0.180. The largest absolute Gasteiger partial charge is 0.393 e. The molecule has 2 heterocycles. The summed E-state index contributed by atoms with van der Waals surface area (Å²) in [5.41, 5.74) is 0. The maximum atomic E-state index is 12.5. The number of hydrogen-bond donors (Lipinski definition) is 2. The molecule has 1 aliphatic rings. The molecular weight excluding hydrogens is 273 g/mol. The normalized spacial score (nSPS) is 23.6. The number of carbonyl (C=O) groups is 1. The Hall–Kier alpha value is -1.57. The molecule has 2 atom stereocenters.